The first-order valence-corrected chi connectivity index (χ1v) is 5.46. The van der Waals surface area contributed by atoms with Gasteiger partial charge in [-0.1, -0.05) is 0 Å². The topological polar surface area (TPSA) is 53.7 Å². The number of nitrogen functional groups attached to an aromatic ring is 1. The molecule has 2 aromatic rings. The number of ether oxygens (including phenoxy) is 3. The molecule has 6 heteroatoms. The molecule has 0 unspecified atom stereocenters. The standard InChI is InChI=1S/C13H9F2NO3/c14-8-2-3-9(16)13(12(8)15)19-7-1-4-10-11(5-7)18-6-17-10/h1-5H,6,16H2. The molecular weight excluding hydrogens is 256 g/mol. The Bertz CT molecular complexity index is 646. The molecule has 2 aromatic carbocycles. The van der Waals surface area contributed by atoms with Crippen LogP contribution < -0.4 is 19.9 Å². The van der Waals surface area contributed by atoms with Crippen molar-refractivity contribution in [2.45, 2.75) is 0 Å². The minimum absolute atomic E-state index is 0.0107. The molecule has 4 nitrogen and oxygen atoms in total. The Morgan fingerprint density at radius 2 is 1.84 bits per heavy atom. The van der Waals surface area contributed by atoms with Crippen molar-refractivity contribution < 1.29 is 23.0 Å². The van der Waals surface area contributed by atoms with E-state index >= 15 is 0 Å². The molecule has 0 fully saturated rings. The van der Waals surface area contributed by atoms with Crippen molar-refractivity contribution in [3.8, 4) is 23.0 Å². The fourth-order valence-corrected chi connectivity index (χ4v) is 1.71. The van der Waals surface area contributed by atoms with Crippen LogP contribution in [-0.2, 0) is 0 Å². The van der Waals surface area contributed by atoms with Crippen LogP contribution in [0, 0.1) is 11.6 Å². The van der Waals surface area contributed by atoms with Gasteiger partial charge in [-0.25, -0.2) is 4.39 Å². The Labute approximate surface area is 107 Å². The van der Waals surface area contributed by atoms with Gasteiger partial charge >= 0.3 is 0 Å². The third-order valence-corrected chi connectivity index (χ3v) is 2.64. The van der Waals surface area contributed by atoms with E-state index in [4.69, 9.17) is 19.9 Å². The molecule has 0 saturated carbocycles. The van der Waals surface area contributed by atoms with Gasteiger partial charge in [0.25, 0.3) is 0 Å². The summed E-state index contributed by atoms with van der Waals surface area (Å²) in [6.45, 7) is 0.120. The molecule has 0 aromatic heterocycles. The number of anilines is 1. The highest BCUT2D eigenvalue weighted by molar-refractivity contribution is 5.56. The summed E-state index contributed by atoms with van der Waals surface area (Å²) in [6.07, 6.45) is 0. The van der Waals surface area contributed by atoms with E-state index in [1.165, 1.54) is 12.1 Å². The molecule has 1 aliphatic heterocycles. The summed E-state index contributed by atoms with van der Waals surface area (Å²) in [5.41, 5.74) is 5.57. The lowest BCUT2D eigenvalue weighted by Gasteiger charge is -2.10. The van der Waals surface area contributed by atoms with Crippen LogP contribution in [0.15, 0.2) is 30.3 Å². The van der Waals surface area contributed by atoms with Gasteiger partial charge in [-0.05, 0) is 24.3 Å². The fourth-order valence-electron chi connectivity index (χ4n) is 1.71. The van der Waals surface area contributed by atoms with Crippen molar-refractivity contribution in [2.24, 2.45) is 0 Å². The van der Waals surface area contributed by atoms with Crippen LogP contribution in [0.25, 0.3) is 0 Å². The maximum absolute atomic E-state index is 13.6. The van der Waals surface area contributed by atoms with E-state index in [2.05, 4.69) is 0 Å². The molecule has 0 aliphatic carbocycles. The Morgan fingerprint density at radius 3 is 2.68 bits per heavy atom. The van der Waals surface area contributed by atoms with Gasteiger partial charge < -0.3 is 19.9 Å². The van der Waals surface area contributed by atoms with Crippen LogP contribution in [0.2, 0.25) is 0 Å². The summed E-state index contributed by atoms with van der Waals surface area (Å²) >= 11 is 0. The molecule has 0 bridgehead atoms. The highest BCUT2D eigenvalue weighted by atomic mass is 19.2. The van der Waals surface area contributed by atoms with Gasteiger partial charge in [0.05, 0.1) is 5.69 Å². The first-order valence-electron chi connectivity index (χ1n) is 5.46. The molecule has 0 radical (unpaired) electrons. The second-order valence-corrected chi connectivity index (χ2v) is 3.90. The number of hydrogen-bond donors (Lipinski definition) is 1. The van der Waals surface area contributed by atoms with E-state index in [0.717, 1.165) is 6.07 Å². The third-order valence-electron chi connectivity index (χ3n) is 2.64. The highest BCUT2D eigenvalue weighted by Gasteiger charge is 2.17. The zero-order chi connectivity index (χ0) is 13.4. The van der Waals surface area contributed by atoms with E-state index in [-0.39, 0.29) is 24.0 Å². The molecule has 0 saturated heterocycles. The van der Waals surface area contributed by atoms with E-state index in [1.807, 2.05) is 0 Å². The molecular formula is C13H9F2NO3. The normalized spacial score (nSPS) is 12.5. The minimum atomic E-state index is -1.13. The van der Waals surface area contributed by atoms with Crippen LogP contribution in [-0.4, -0.2) is 6.79 Å². The van der Waals surface area contributed by atoms with Crippen molar-refractivity contribution in [2.75, 3.05) is 12.5 Å². The van der Waals surface area contributed by atoms with Crippen LogP contribution in [0.4, 0.5) is 14.5 Å². The van der Waals surface area contributed by atoms with Crippen molar-refractivity contribution in [3.05, 3.63) is 42.0 Å². The lowest BCUT2D eigenvalue weighted by atomic mass is 10.2. The summed E-state index contributed by atoms with van der Waals surface area (Å²) in [6, 6.07) is 6.87. The molecule has 0 spiro atoms. The molecule has 3 rings (SSSR count). The number of nitrogens with two attached hydrogens (primary N) is 1. The summed E-state index contributed by atoms with van der Waals surface area (Å²) in [7, 11) is 0. The second-order valence-electron chi connectivity index (χ2n) is 3.90. The number of rotatable bonds is 2. The lowest BCUT2D eigenvalue weighted by molar-refractivity contribution is 0.174. The van der Waals surface area contributed by atoms with Crippen LogP contribution in [0.1, 0.15) is 0 Å². The van der Waals surface area contributed by atoms with Gasteiger partial charge in [-0.3, -0.25) is 0 Å². The number of hydrogen-bond acceptors (Lipinski definition) is 4. The zero-order valence-corrected chi connectivity index (χ0v) is 9.65. The van der Waals surface area contributed by atoms with E-state index < -0.39 is 11.6 Å². The zero-order valence-electron chi connectivity index (χ0n) is 9.65. The van der Waals surface area contributed by atoms with E-state index in [1.54, 1.807) is 12.1 Å². The van der Waals surface area contributed by atoms with Crippen LogP contribution in [0.5, 0.6) is 23.0 Å². The fraction of sp³-hybridized carbons (Fsp3) is 0.0769. The van der Waals surface area contributed by atoms with E-state index in [0.29, 0.717) is 11.5 Å². The average molecular weight is 265 g/mol. The molecule has 2 N–H and O–H groups in total. The smallest absolute Gasteiger partial charge is 0.231 e. The average Bonchev–Trinajstić information content (AvgIpc) is 2.86. The summed E-state index contributed by atoms with van der Waals surface area (Å²) < 4.78 is 42.3. The molecule has 19 heavy (non-hydrogen) atoms. The monoisotopic (exact) mass is 265 g/mol. The Morgan fingerprint density at radius 1 is 1.05 bits per heavy atom. The van der Waals surface area contributed by atoms with Crippen molar-refractivity contribution in [3.63, 3.8) is 0 Å². The molecule has 1 aliphatic rings. The Hall–Kier alpha value is -2.50. The maximum atomic E-state index is 13.6. The Kier molecular flexibility index (Phi) is 2.63. The van der Waals surface area contributed by atoms with Crippen molar-refractivity contribution in [1.29, 1.82) is 0 Å². The predicted octanol–water partition coefficient (Wildman–Crippen LogP) is 3.07. The first-order chi connectivity index (χ1) is 9.15. The number of fused-ring (bicyclic) bond motifs is 1. The number of halogens is 2. The van der Waals surface area contributed by atoms with Gasteiger partial charge in [0.15, 0.2) is 23.1 Å². The predicted molar refractivity (Wildman–Crippen MR) is 63.4 cm³/mol. The van der Waals surface area contributed by atoms with Gasteiger partial charge in [-0.2, -0.15) is 4.39 Å². The largest absolute Gasteiger partial charge is 0.454 e. The third kappa shape index (κ3) is 2.01. The van der Waals surface area contributed by atoms with Crippen LogP contribution in [0.3, 0.4) is 0 Å². The van der Waals surface area contributed by atoms with Crippen molar-refractivity contribution >= 4 is 5.69 Å². The van der Waals surface area contributed by atoms with Gasteiger partial charge in [0.1, 0.15) is 5.75 Å². The lowest BCUT2D eigenvalue weighted by Crippen LogP contribution is -1.97. The summed E-state index contributed by atoms with van der Waals surface area (Å²) in [4.78, 5) is 0. The number of benzene rings is 2. The molecule has 98 valence electrons. The molecule has 0 atom stereocenters. The van der Waals surface area contributed by atoms with Gasteiger partial charge in [-0.15, -0.1) is 0 Å². The summed E-state index contributed by atoms with van der Waals surface area (Å²) in [5.74, 6) is -1.17. The van der Waals surface area contributed by atoms with Gasteiger partial charge in [0, 0.05) is 6.07 Å². The Balaban J connectivity index is 1.96. The molecule has 0 amide bonds. The first kappa shape index (κ1) is 11.6. The van der Waals surface area contributed by atoms with Gasteiger partial charge in [0.2, 0.25) is 12.6 Å². The second kappa shape index (κ2) is 4.31. The summed E-state index contributed by atoms with van der Waals surface area (Å²) in [5, 5.41) is 0. The van der Waals surface area contributed by atoms with E-state index in [9.17, 15) is 8.78 Å². The van der Waals surface area contributed by atoms with Crippen LogP contribution >= 0.6 is 0 Å². The quantitative estimate of drug-likeness (QED) is 0.848. The minimum Gasteiger partial charge on any atom is -0.454 e. The molecule has 1 heterocycles. The SMILES string of the molecule is Nc1ccc(F)c(F)c1Oc1ccc2c(c1)OCO2. The maximum Gasteiger partial charge on any atom is 0.231 e. The highest BCUT2D eigenvalue weighted by Crippen LogP contribution is 2.38. The van der Waals surface area contributed by atoms with Crippen molar-refractivity contribution in [1.82, 2.24) is 0 Å².